The molecule has 3 aliphatic rings. The summed E-state index contributed by atoms with van der Waals surface area (Å²) in [5.74, 6) is -0.0687. The van der Waals surface area contributed by atoms with Crippen LogP contribution in [0.4, 0.5) is 5.69 Å². The van der Waals surface area contributed by atoms with E-state index in [-0.39, 0.29) is 5.69 Å². The molecule has 36 heavy (non-hydrogen) atoms. The highest BCUT2D eigenvalue weighted by molar-refractivity contribution is 6.07. The van der Waals surface area contributed by atoms with E-state index >= 15 is 0 Å². The Kier molecular flexibility index (Phi) is 11.1. The standard InChI is InChI=1S/C24H24N4O2.3C2H6/c1-14-12-17(7-6-16(14)13-25)28-23(15-4-2-3-5-15)19-9-10-20-18(22(19)27-28)8-11-21(26-20)24(29)30;3*1-2/h6-8,11-12,15,19,23H,2-5,9-10H2,1H3,(H,29,30);3*1-2H3. The van der Waals surface area contributed by atoms with Gasteiger partial charge in [0.15, 0.2) is 0 Å². The van der Waals surface area contributed by atoms with E-state index in [4.69, 9.17) is 5.10 Å². The highest BCUT2D eigenvalue weighted by atomic mass is 16.4. The molecule has 1 aliphatic heterocycles. The predicted octanol–water partition coefficient (Wildman–Crippen LogP) is 7.38. The molecule has 0 amide bonds. The van der Waals surface area contributed by atoms with Crippen molar-refractivity contribution >= 4 is 17.4 Å². The van der Waals surface area contributed by atoms with Gasteiger partial charge < -0.3 is 5.11 Å². The summed E-state index contributed by atoms with van der Waals surface area (Å²) in [6.45, 7) is 14.0. The third-order valence-corrected chi connectivity index (χ3v) is 6.90. The van der Waals surface area contributed by atoms with Crippen molar-refractivity contribution in [3.63, 3.8) is 0 Å². The molecule has 2 atom stereocenters. The van der Waals surface area contributed by atoms with Crippen LogP contribution in [-0.4, -0.2) is 27.8 Å². The molecule has 1 aromatic heterocycles. The van der Waals surface area contributed by atoms with Crippen molar-refractivity contribution in [3.8, 4) is 6.07 Å². The van der Waals surface area contributed by atoms with E-state index in [0.717, 1.165) is 41.1 Å². The first-order valence-corrected chi connectivity index (χ1v) is 13.7. The second-order valence-electron chi connectivity index (χ2n) is 8.62. The predicted molar refractivity (Wildman–Crippen MR) is 148 cm³/mol. The molecule has 1 fully saturated rings. The average Bonchev–Trinajstić information content (AvgIpc) is 3.59. The molecule has 194 valence electrons. The number of carboxylic acids is 1. The van der Waals surface area contributed by atoms with Crippen LogP contribution >= 0.6 is 0 Å². The zero-order valence-corrected chi connectivity index (χ0v) is 23.0. The van der Waals surface area contributed by atoms with Gasteiger partial charge in [0.25, 0.3) is 0 Å². The Labute approximate surface area is 217 Å². The lowest BCUT2D eigenvalue weighted by atomic mass is 9.76. The van der Waals surface area contributed by atoms with Gasteiger partial charge in [-0.25, -0.2) is 9.78 Å². The van der Waals surface area contributed by atoms with Gasteiger partial charge >= 0.3 is 5.97 Å². The Morgan fingerprint density at radius 3 is 2.28 bits per heavy atom. The number of carboxylic acid groups (broad SMARTS) is 1. The Morgan fingerprint density at radius 1 is 1.03 bits per heavy atom. The van der Waals surface area contributed by atoms with Crippen molar-refractivity contribution in [1.82, 2.24) is 4.98 Å². The molecule has 0 saturated heterocycles. The third kappa shape index (κ3) is 5.78. The maximum absolute atomic E-state index is 11.3. The highest BCUT2D eigenvalue weighted by Gasteiger charge is 2.45. The summed E-state index contributed by atoms with van der Waals surface area (Å²) in [6, 6.07) is 12.0. The second kappa shape index (κ2) is 13.8. The van der Waals surface area contributed by atoms with Gasteiger partial charge in [0, 0.05) is 11.5 Å². The molecule has 2 aromatic rings. The van der Waals surface area contributed by atoms with E-state index in [2.05, 4.69) is 22.1 Å². The summed E-state index contributed by atoms with van der Waals surface area (Å²) in [4.78, 5) is 15.7. The average molecular weight is 491 g/mol. The van der Waals surface area contributed by atoms with Crippen LogP contribution in [0.15, 0.2) is 35.4 Å². The normalized spacial score (nSPS) is 19.6. The minimum absolute atomic E-state index is 0.0951. The molecule has 6 heteroatoms. The van der Waals surface area contributed by atoms with Gasteiger partial charge in [0.05, 0.1) is 34.8 Å². The maximum atomic E-state index is 11.3. The van der Waals surface area contributed by atoms with Crippen LogP contribution in [0.25, 0.3) is 0 Å². The lowest BCUT2D eigenvalue weighted by Gasteiger charge is -2.34. The van der Waals surface area contributed by atoms with Crippen LogP contribution in [0.3, 0.4) is 0 Å². The number of pyridine rings is 1. The first-order valence-electron chi connectivity index (χ1n) is 13.7. The first-order chi connectivity index (χ1) is 17.6. The number of aryl methyl sites for hydroxylation is 2. The molecule has 1 N–H and O–H groups in total. The molecule has 2 aliphatic carbocycles. The molecule has 0 bridgehead atoms. The number of aromatic carboxylic acids is 1. The second-order valence-corrected chi connectivity index (χ2v) is 8.62. The van der Waals surface area contributed by atoms with Gasteiger partial charge in [-0.2, -0.15) is 10.4 Å². The van der Waals surface area contributed by atoms with Crippen molar-refractivity contribution < 1.29 is 9.90 Å². The highest BCUT2D eigenvalue weighted by Crippen LogP contribution is 2.44. The fourth-order valence-electron chi connectivity index (χ4n) is 5.46. The van der Waals surface area contributed by atoms with Crippen LogP contribution in [0.1, 0.15) is 107 Å². The molecule has 0 spiro atoms. The lowest BCUT2D eigenvalue weighted by Crippen LogP contribution is -2.40. The van der Waals surface area contributed by atoms with E-state index in [9.17, 15) is 15.2 Å². The Hall–Kier alpha value is -3.20. The number of rotatable bonds is 3. The van der Waals surface area contributed by atoms with Crippen LogP contribution < -0.4 is 5.01 Å². The first kappa shape index (κ1) is 29.0. The fraction of sp³-hybridized carbons (Fsp3) is 0.533. The number of hydrazone groups is 1. The minimum atomic E-state index is -0.994. The van der Waals surface area contributed by atoms with E-state index in [1.807, 2.05) is 66.7 Å². The number of fused-ring (bicyclic) bond motifs is 3. The summed E-state index contributed by atoms with van der Waals surface area (Å²) in [6.07, 6.45) is 6.70. The lowest BCUT2D eigenvalue weighted by molar-refractivity contribution is 0.0690. The van der Waals surface area contributed by atoms with E-state index in [1.165, 1.54) is 25.7 Å². The molecule has 0 radical (unpaired) electrons. The van der Waals surface area contributed by atoms with Crippen molar-refractivity contribution in [3.05, 3.63) is 58.4 Å². The summed E-state index contributed by atoms with van der Waals surface area (Å²) in [7, 11) is 0. The molecule has 2 heterocycles. The fourth-order valence-corrected chi connectivity index (χ4v) is 5.46. The van der Waals surface area contributed by atoms with Crippen LogP contribution in [0.5, 0.6) is 0 Å². The van der Waals surface area contributed by atoms with Gasteiger partial charge in [0.1, 0.15) is 5.69 Å². The van der Waals surface area contributed by atoms with Gasteiger partial charge in [-0.3, -0.25) is 5.01 Å². The molecular formula is C30H42N4O2. The van der Waals surface area contributed by atoms with Gasteiger partial charge in [-0.05, 0) is 74.4 Å². The molecule has 1 saturated carbocycles. The minimum Gasteiger partial charge on any atom is -0.477 e. The van der Waals surface area contributed by atoms with Gasteiger partial charge in [-0.15, -0.1) is 0 Å². The van der Waals surface area contributed by atoms with Crippen LogP contribution in [0.2, 0.25) is 0 Å². The third-order valence-electron chi connectivity index (χ3n) is 6.90. The van der Waals surface area contributed by atoms with Crippen molar-refractivity contribution in [2.45, 2.75) is 93.0 Å². The number of carbonyl (C=O) groups is 1. The summed E-state index contributed by atoms with van der Waals surface area (Å²) in [5, 5.41) is 25.9. The van der Waals surface area contributed by atoms with Gasteiger partial charge in [0.2, 0.25) is 0 Å². The number of hydrogen-bond donors (Lipinski definition) is 1. The summed E-state index contributed by atoms with van der Waals surface area (Å²) < 4.78 is 0. The topological polar surface area (TPSA) is 89.6 Å². The number of nitriles is 1. The monoisotopic (exact) mass is 490 g/mol. The number of benzene rings is 1. The molecule has 2 unspecified atom stereocenters. The van der Waals surface area contributed by atoms with Crippen molar-refractivity contribution in [2.75, 3.05) is 5.01 Å². The largest absolute Gasteiger partial charge is 0.477 e. The van der Waals surface area contributed by atoms with Crippen molar-refractivity contribution in [2.24, 2.45) is 16.9 Å². The molecule has 6 nitrogen and oxygen atoms in total. The zero-order chi connectivity index (χ0) is 26.8. The molecule has 1 aromatic carbocycles. The Balaban J connectivity index is 0.000000710. The maximum Gasteiger partial charge on any atom is 0.354 e. The number of hydrogen-bond acceptors (Lipinski definition) is 5. The number of aromatic nitrogens is 1. The quantitative estimate of drug-likeness (QED) is 0.484. The molecule has 5 rings (SSSR count). The Morgan fingerprint density at radius 2 is 1.69 bits per heavy atom. The van der Waals surface area contributed by atoms with Crippen LogP contribution in [-0.2, 0) is 6.42 Å². The Bertz CT molecular complexity index is 1100. The van der Waals surface area contributed by atoms with Gasteiger partial charge in [-0.1, -0.05) is 54.4 Å². The number of anilines is 1. The zero-order valence-electron chi connectivity index (χ0n) is 23.0. The SMILES string of the molecule is CC.CC.CC.Cc1cc(N2N=C3c4ccc(C(=O)O)nc4CCC3C2C2CCCC2)ccc1C#N. The van der Waals surface area contributed by atoms with E-state index < -0.39 is 5.97 Å². The molecular weight excluding hydrogens is 448 g/mol. The number of nitrogens with zero attached hydrogens (tertiary/aromatic N) is 4. The van der Waals surface area contributed by atoms with Crippen LogP contribution in [0, 0.1) is 30.1 Å². The van der Waals surface area contributed by atoms with Crippen molar-refractivity contribution in [1.29, 1.82) is 5.26 Å². The summed E-state index contributed by atoms with van der Waals surface area (Å²) in [5.41, 5.74) is 5.65. The van der Waals surface area contributed by atoms with E-state index in [1.54, 1.807) is 6.07 Å². The smallest absolute Gasteiger partial charge is 0.354 e. The summed E-state index contributed by atoms with van der Waals surface area (Å²) >= 11 is 0. The van der Waals surface area contributed by atoms with E-state index in [0.29, 0.717) is 23.4 Å².